The van der Waals surface area contributed by atoms with Crippen LogP contribution in [0.2, 0.25) is 0 Å². The lowest BCUT2D eigenvalue weighted by molar-refractivity contribution is 0.261. The van der Waals surface area contributed by atoms with Crippen molar-refractivity contribution in [3.05, 3.63) is 0 Å². The zero-order chi connectivity index (χ0) is 7.98. The van der Waals surface area contributed by atoms with E-state index in [-0.39, 0.29) is 10.4 Å². The fourth-order valence-electron chi connectivity index (χ4n) is 0.355. The molecule has 4 nitrogen and oxygen atoms in total. The molecule has 0 rings (SSSR count). The Kier molecular flexibility index (Phi) is 5.05. The number of hydrogen-bond donors (Lipinski definition) is 4. The number of amides is 1. The molecular weight excluding hydrogens is 170 g/mol. The van der Waals surface area contributed by atoms with E-state index in [1.54, 1.807) is 0 Å². The van der Waals surface area contributed by atoms with Gasteiger partial charge in [0.15, 0.2) is 5.11 Å². The Morgan fingerprint density at radius 3 is 2.40 bits per heavy atom. The van der Waals surface area contributed by atoms with Gasteiger partial charge in [0.25, 0.3) is 5.24 Å². The highest BCUT2D eigenvalue weighted by atomic mass is 32.1. The lowest BCUT2D eigenvalue weighted by atomic mass is 10.6. The molecule has 0 aromatic carbocycles. The van der Waals surface area contributed by atoms with Gasteiger partial charge in [0.05, 0.1) is 0 Å². The number of hydrogen-bond acceptors (Lipinski definition) is 2. The third kappa shape index (κ3) is 7.51. The van der Waals surface area contributed by atoms with Crippen LogP contribution in [-0.4, -0.2) is 23.4 Å². The average Bonchev–Trinajstić information content (AvgIpc) is 1.79. The van der Waals surface area contributed by atoms with Gasteiger partial charge in [-0.25, -0.2) is 0 Å². The molecule has 6 heteroatoms. The minimum atomic E-state index is -0.357. The average molecular weight is 179 g/mol. The highest BCUT2D eigenvalue weighted by Gasteiger charge is 1.89. The van der Waals surface area contributed by atoms with Gasteiger partial charge in [-0.05, 0) is 12.2 Å². The predicted molar refractivity (Wildman–Crippen MR) is 47.2 cm³/mol. The molecular formula is C4H9N3OS2. The highest BCUT2D eigenvalue weighted by molar-refractivity contribution is 7.96. The Hall–Kier alpha value is -0.490. The van der Waals surface area contributed by atoms with Crippen LogP contribution >= 0.6 is 24.8 Å². The summed E-state index contributed by atoms with van der Waals surface area (Å²) in [5, 5.41) is 4.98. The summed E-state index contributed by atoms with van der Waals surface area (Å²) in [5.74, 6) is 0. The van der Waals surface area contributed by atoms with Gasteiger partial charge in [0, 0.05) is 13.1 Å². The molecule has 10 heavy (non-hydrogen) atoms. The fraction of sp³-hybridized carbons (Fsp3) is 0.500. The lowest BCUT2D eigenvalue weighted by Crippen LogP contribution is -2.35. The first kappa shape index (κ1) is 9.51. The van der Waals surface area contributed by atoms with E-state index < -0.39 is 0 Å². The van der Waals surface area contributed by atoms with E-state index in [2.05, 4.69) is 35.5 Å². The summed E-state index contributed by atoms with van der Waals surface area (Å²) in [6.07, 6.45) is 0. The summed E-state index contributed by atoms with van der Waals surface area (Å²) in [7, 11) is 0. The summed E-state index contributed by atoms with van der Waals surface area (Å²) in [6.45, 7) is 1.00. The number of carbonyl (C=O) groups excluding carboxylic acids is 1. The van der Waals surface area contributed by atoms with Crippen LogP contribution in [0.1, 0.15) is 0 Å². The number of nitrogens with two attached hydrogens (primary N) is 1. The molecule has 0 saturated heterocycles. The van der Waals surface area contributed by atoms with Gasteiger partial charge in [-0.3, -0.25) is 4.79 Å². The molecule has 0 aliphatic rings. The maximum Gasteiger partial charge on any atom is 0.276 e. The second kappa shape index (κ2) is 5.31. The van der Waals surface area contributed by atoms with Gasteiger partial charge in [-0.2, -0.15) is 0 Å². The first-order valence-electron chi connectivity index (χ1n) is 2.63. The van der Waals surface area contributed by atoms with Gasteiger partial charge in [0.2, 0.25) is 0 Å². The molecule has 4 N–H and O–H groups in total. The first-order chi connectivity index (χ1) is 4.63. The van der Waals surface area contributed by atoms with Crippen molar-refractivity contribution in [2.45, 2.75) is 0 Å². The predicted octanol–water partition coefficient (Wildman–Crippen LogP) is -0.541. The van der Waals surface area contributed by atoms with E-state index >= 15 is 0 Å². The van der Waals surface area contributed by atoms with Crippen molar-refractivity contribution in [3.63, 3.8) is 0 Å². The molecule has 0 aliphatic heterocycles. The van der Waals surface area contributed by atoms with Gasteiger partial charge in [0.1, 0.15) is 0 Å². The molecule has 0 fully saturated rings. The van der Waals surface area contributed by atoms with Crippen molar-refractivity contribution in [1.29, 1.82) is 0 Å². The zero-order valence-corrected chi connectivity index (χ0v) is 6.97. The van der Waals surface area contributed by atoms with E-state index in [1.165, 1.54) is 0 Å². The largest absolute Gasteiger partial charge is 0.376 e. The van der Waals surface area contributed by atoms with Crippen molar-refractivity contribution in [2.75, 3.05) is 13.1 Å². The number of thiol groups is 1. The molecule has 0 bridgehead atoms. The van der Waals surface area contributed by atoms with E-state index in [9.17, 15) is 4.79 Å². The van der Waals surface area contributed by atoms with E-state index in [0.717, 1.165) is 0 Å². The van der Waals surface area contributed by atoms with Crippen LogP contribution in [0.4, 0.5) is 4.79 Å². The Balaban J connectivity index is 3.06. The van der Waals surface area contributed by atoms with E-state index in [0.29, 0.717) is 13.1 Å². The molecule has 0 unspecified atom stereocenters. The van der Waals surface area contributed by atoms with Gasteiger partial charge in [-0.1, -0.05) is 12.6 Å². The fourth-order valence-corrected chi connectivity index (χ4v) is 0.569. The molecule has 0 radical (unpaired) electrons. The summed E-state index contributed by atoms with van der Waals surface area (Å²) >= 11 is 7.99. The Labute approximate surface area is 69.9 Å². The third-order valence-electron chi connectivity index (χ3n) is 0.700. The molecule has 0 aliphatic carbocycles. The minimum absolute atomic E-state index is 0.230. The number of carbonyl (C=O) groups is 1. The molecule has 58 valence electrons. The maximum absolute atomic E-state index is 10.1. The normalized spacial score (nSPS) is 8.50. The van der Waals surface area contributed by atoms with Crippen LogP contribution in [0.3, 0.4) is 0 Å². The van der Waals surface area contributed by atoms with Crippen molar-refractivity contribution in [3.8, 4) is 0 Å². The Morgan fingerprint density at radius 1 is 1.50 bits per heavy atom. The van der Waals surface area contributed by atoms with E-state index in [4.69, 9.17) is 5.73 Å². The van der Waals surface area contributed by atoms with Crippen LogP contribution in [0.5, 0.6) is 0 Å². The number of nitrogens with one attached hydrogen (secondary N) is 2. The lowest BCUT2D eigenvalue weighted by Gasteiger charge is -2.02. The SMILES string of the molecule is NC(=S)NCCNC(=O)S. The standard InChI is InChI=1S/C4H9N3OS2/c5-3(9)6-1-2-7-4(8)10/h1-2H2,(H3,5,6,9)(H2,7,8,10). The van der Waals surface area contributed by atoms with Crippen LogP contribution in [0.15, 0.2) is 0 Å². The van der Waals surface area contributed by atoms with Gasteiger partial charge < -0.3 is 16.4 Å². The van der Waals surface area contributed by atoms with Gasteiger partial charge in [-0.15, -0.1) is 0 Å². The smallest absolute Gasteiger partial charge is 0.276 e. The van der Waals surface area contributed by atoms with Crippen LogP contribution in [0.25, 0.3) is 0 Å². The highest BCUT2D eigenvalue weighted by Crippen LogP contribution is 1.72. The quantitative estimate of drug-likeness (QED) is 0.267. The number of rotatable bonds is 3. The van der Waals surface area contributed by atoms with Crippen LogP contribution < -0.4 is 16.4 Å². The molecule has 0 atom stereocenters. The summed E-state index contributed by atoms with van der Waals surface area (Å²) in [6, 6.07) is 0. The topological polar surface area (TPSA) is 67.2 Å². The maximum atomic E-state index is 10.1. The molecule has 0 aromatic rings. The van der Waals surface area contributed by atoms with E-state index in [1.807, 2.05) is 0 Å². The Morgan fingerprint density at radius 2 is 2.00 bits per heavy atom. The molecule has 0 aromatic heterocycles. The van der Waals surface area contributed by atoms with Crippen molar-refractivity contribution in [1.82, 2.24) is 10.6 Å². The first-order valence-corrected chi connectivity index (χ1v) is 3.48. The molecule has 0 spiro atoms. The minimum Gasteiger partial charge on any atom is -0.376 e. The van der Waals surface area contributed by atoms with Crippen molar-refractivity contribution in [2.24, 2.45) is 5.73 Å². The molecule has 0 heterocycles. The second-order valence-corrected chi connectivity index (χ2v) is 2.37. The summed E-state index contributed by atoms with van der Waals surface area (Å²) in [5.41, 5.74) is 5.10. The molecule has 0 saturated carbocycles. The van der Waals surface area contributed by atoms with Crippen molar-refractivity contribution >= 4 is 35.2 Å². The van der Waals surface area contributed by atoms with Crippen molar-refractivity contribution < 1.29 is 4.79 Å². The second-order valence-electron chi connectivity index (χ2n) is 1.52. The zero-order valence-electron chi connectivity index (χ0n) is 5.26. The van der Waals surface area contributed by atoms with Gasteiger partial charge >= 0.3 is 0 Å². The van der Waals surface area contributed by atoms with Crippen LogP contribution in [-0.2, 0) is 0 Å². The summed E-state index contributed by atoms with van der Waals surface area (Å²) < 4.78 is 0. The molecule has 1 amide bonds. The Bertz CT molecular complexity index is 122. The van der Waals surface area contributed by atoms with Crippen LogP contribution in [0, 0.1) is 0 Å². The monoisotopic (exact) mass is 179 g/mol. The number of thiocarbonyl (C=S) groups is 1. The summed E-state index contributed by atoms with van der Waals surface area (Å²) in [4.78, 5) is 10.1. The third-order valence-corrected chi connectivity index (χ3v) is 1.00.